The van der Waals surface area contributed by atoms with Crippen LogP contribution in [-0.2, 0) is 11.3 Å². The van der Waals surface area contributed by atoms with Crippen LogP contribution in [0, 0.1) is 0 Å². The molecule has 0 unspecified atom stereocenters. The zero-order chi connectivity index (χ0) is 14.3. The Morgan fingerprint density at radius 1 is 1.05 bits per heavy atom. The van der Waals surface area contributed by atoms with Crippen molar-refractivity contribution in [2.45, 2.75) is 82.9 Å². The van der Waals surface area contributed by atoms with Crippen molar-refractivity contribution in [3.63, 3.8) is 0 Å². The third-order valence-electron chi connectivity index (χ3n) is 4.89. The molecule has 0 amide bonds. The fourth-order valence-electron chi connectivity index (χ4n) is 3.61. The van der Waals surface area contributed by atoms with E-state index in [0.717, 1.165) is 19.1 Å². The number of ether oxygens (including phenoxy) is 1. The number of anilines is 1. The summed E-state index contributed by atoms with van der Waals surface area (Å²) in [6.07, 6.45) is 17.7. The lowest BCUT2D eigenvalue weighted by Crippen LogP contribution is -2.25. The molecule has 1 heterocycles. The Balaban J connectivity index is 1.43. The van der Waals surface area contributed by atoms with Crippen molar-refractivity contribution in [2.75, 3.05) is 11.9 Å². The molecule has 3 rings (SSSR count). The van der Waals surface area contributed by atoms with Gasteiger partial charge in [-0.25, -0.2) is 4.98 Å². The number of rotatable bonds is 6. The summed E-state index contributed by atoms with van der Waals surface area (Å²) in [5.41, 5.74) is 0. The van der Waals surface area contributed by atoms with Crippen LogP contribution in [0.4, 0.5) is 5.95 Å². The van der Waals surface area contributed by atoms with Gasteiger partial charge in [0.15, 0.2) is 0 Å². The maximum Gasteiger partial charge on any atom is 0.203 e. The van der Waals surface area contributed by atoms with Crippen LogP contribution in [0.5, 0.6) is 0 Å². The zero-order valence-corrected chi connectivity index (χ0v) is 13.1. The quantitative estimate of drug-likeness (QED) is 0.861. The third-order valence-corrected chi connectivity index (χ3v) is 4.89. The number of imidazole rings is 1. The van der Waals surface area contributed by atoms with Gasteiger partial charge < -0.3 is 14.6 Å². The van der Waals surface area contributed by atoms with E-state index in [2.05, 4.69) is 21.1 Å². The molecule has 4 heteroatoms. The first-order chi connectivity index (χ1) is 10.4. The SMILES string of the molecule is c1cn(CCOC2CCCCC2)c(NC2CCCCC2)n1. The van der Waals surface area contributed by atoms with Crippen LogP contribution in [0.25, 0.3) is 0 Å². The number of nitrogens with zero attached hydrogens (tertiary/aromatic N) is 2. The Kier molecular flexibility index (Phi) is 5.55. The van der Waals surface area contributed by atoms with Crippen molar-refractivity contribution in [1.29, 1.82) is 0 Å². The molecule has 0 radical (unpaired) electrons. The third kappa shape index (κ3) is 4.47. The van der Waals surface area contributed by atoms with E-state index >= 15 is 0 Å². The molecule has 0 atom stereocenters. The van der Waals surface area contributed by atoms with Gasteiger partial charge in [-0.05, 0) is 25.7 Å². The molecule has 2 fully saturated rings. The second-order valence-corrected chi connectivity index (χ2v) is 6.55. The minimum Gasteiger partial charge on any atom is -0.376 e. The van der Waals surface area contributed by atoms with E-state index in [1.807, 2.05) is 6.20 Å². The molecular formula is C17H29N3O. The van der Waals surface area contributed by atoms with Crippen molar-refractivity contribution < 1.29 is 4.74 Å². The maximum atomic E-state index is 6.02. The normalized spacial score (nSPS) is 21.5. The number of nitrogens with one attached hydrogen (secondary N) is 1. The zero-order valence-electron chi connectivity index (χ0n) is 13.1. The van der Waals surface area contributed by atoms with Crippen molar-refractivity contribution in [1.82, 2.24) is 9.55 Å². The lowest BCUT2D eigenvalue weighted by Gasteiger charge is -2.24. The molecule has 1 aromatic rings. The van der Waals surface area contributed by atoms with E-state index in [4.69, 9.17) is 4.74 Å². The summed E-state index contributed by atoms with van der Waals surface area (Å²) in [4.78, 5) is 4.47. The molecule has 2 aliphatic rings. The summed E-state index contributed by atoms with van der Waals surface area (Å²) in [5, 5.41) is 3.61. The van der Waals surface area contributed by atoms with Crippen LogP contribution in [0.2, 0.25) is 0 Å². The molecule has 0 bridgehead atoms. The standard InChI is InChI=1S/C17H29N3O/c1-3-7-15(8-4-1)19-17-18-11-12-20(17)13-14-21-16-9-5-2-6-10-16/h11-12,15-16H,1-10,13-14H2,(H,18,19). The molecule has 2 saturated carbocycles. The van der Waals surface area contributed by atoms with E-state index in [1.165, 1.54) is 64.2 Å². The Labute approximate surface area is 128 Å². The first-order valence-electron chi connectivity index (χ1n) is 8.81. The molecular weight excluding hydrogens is 262 g/mol. The van der Waals surface area contributed by atoms with Gasteiger partial charge in [-0.15, -0.1) is 0 Å². The highest BCUT2D eigenvalue weighted by Gasteiger charge is 2.16. The molecule has 0 aromatic carbocycles. The van der Waals surface area contributed by atoms with Crippen molar-refractivity contribution in [2.24, 2.45) is 0 Å². The molecule has 0 saturated heterocycles. The molecule has 1 aromatic heterocycles. The highest BCUT2D eigenvalue weighted by molar-refractivity contribution is 5.27. The van der Waals surface area contributed by atoms with Gasteiger partial charge in [0, 0.05) is 25.0 Å². The summed E-state index contributed by atoms with van der Waals surface area (Å²) in [6.45, 7) is 1.71. The topological polar surface area (TPSA) is 39.1 Å². The van der Waals surface area contributed by atoms with Gasteiger partial charge in [0.2, 0.25) is 5.95 Å². The molecule has 21 heavy (non-hydrogen) atoms. The van der Waals surface area contributed by atoms with E-state index in [1.54, 1.807) is 0 Å². The summed E-state index contributed by atoms with van der Waals surface area (Å²) < 4.78 is 8.23. The number of hydrogen-bond acceptors (Lipinski definition) is 3. The minimum absolute atomic E-state index is 0.497. The van der Waals surface area contributed by atoms with Gasteiger partial charge >= 0.3 is 0 Å². The fraction of sp³-hybridized carbons (Fsp3) is 0.824. The van der Waals surface area contributed by atoms with Crippen LogP contribution in [-0.4, -0.2) is 28.3 Å². The smallest absolute Gasteiger partial charge is 0.203 e. The van der Waals surface area contributed by atoms with Gasteiger partial charge in [-0.2, -0.15) is 0 Å². The summed E-state index contributed by atoms with van der Waals surface area (Å²) in [5.74, 6) is 1.02. The van der Waals surface area contributed by atoms with Crippen LogP contribution in [0.15, 0.2) is 12.4 Å². The second kappa shape index (κ2) is 7.83. The second-order valence-electron chi connectivity index (χ2n) is 6.55. The predicted octanol–water partition coefficient (Wildman–Crippen LogP) is 3.98. The van der Waals surface area contributed by atoms with Gasteiger partial charge in [0.1, 0.15) is 0 Å². The number of hydrogen-bond donors (Lipinski definition) is 1. The van der Waals surface area contributed by atoms with E-state index < -0.39 is 0 Å². The average Bonchev–Trinajstić information content (AvgIpc) is 2.97. The maximum absolute atomic E-state index is 6.02. The van der Waals surface area contributed by atoms with Crippen LogP contribution in [0.1, 0.15) is 64.2 Å². The van der Waals surface area contributed by atoms with Crippen molar-refractivity contribution >= 4 is 5.95 Å². The van der Waals surface area contributed by atoms with Gasteiger partial charge in [0.05, 0.1) is 12.7 Å². The molecule has 1 N–H and O–H groups in total. The van der Waals surface area contributed by atoms with Crippen LogP contribution in [0.3, 0.4) is 0 Å². The predicted molar refractivity (Wildman–Crippen MR) is 85.5 cm³/mol. The first-order valence-corrected chi connectivity index (χ1v) is 8.81. The van der Waals surface area contributed by atoms with E-state index in [-0.39, 0.29) is 0 Å². The van der Waals surface area contributed by atoms with Crippen molar-refractivity contribution in [3.8, 4) is 0 Å². The highest BCUT2D eigenvalue weighted by Crippen LogP contribution is 2.22. The molecule has 118 valence electrons. The summed E-state index contributed by atoms with van der Waals surface area (Å²) in [7, 11) is 0. The minimum atomic E-state index is 0.497. The number of aromatic nitrogens is 2. The monoisotopic (exact) mass is 291 g/mol. The first kappa shape index (κ1) is 14.9. The van der Waals surface area contributed by atoms with Gasteiger partial charge in [0.25, 0.3) is 0 Å². The van der Waals surface area contributed by atoms with Crippen LogP contribution < -0.4 is 5.32 Å². The molecule has 0 spiro atoms. The Morgan fingerprint density at radius 2 is 1.76 bits per heavy atom. The average molecular weight is 291 g/mol. The molecule has 4 nitrogen and oxygen atoms in total. The van der Waals surface area contributed by atoms with Gasteiger partial charge in [-0.3, -0.25) is 0 Å². The largest absolute Gasteiger partial charge is 0.376 e. The lowest BCUT2D eigenvalue weighted by atomic mass is 9.96. The van der Waals surface area contributed by atoms with Gasteiger partial charge in [-0.1, -0.05) is 38.5 Å². The van der Waals surface area contributed by atoms with E-state index in [0.29, 0.717) is 12.1 Å². The summed E-state index contributed by atoms with van der Waals surface area (Å²) >= 11 is 0. The molecule has 0 aliphatic heterocycles. The summed E-state index contributed by atoms with van der Waals surface area (Å²) in [6, 6.07) is 0.610. The Bertz CT molecular complexity index is 406. The van der Waals surface area contributed by atoms with E-state index in [9.17, 15) is 0 Å². The Morgan fingerprint density at radius 3 is 2.52 bits per heavy atom. The fourth-order valence-corrected chi connectivity index (χ4v) is 3.61. The lowest BCUT2D eigenvalue weighted by molar-refractivity contribution is 0.0242. The Hall–Kier alpha value is -1.03. The molecule has 2 aliphatic carbocycles. The highest BCUT2D eigenvalue weighted by atomic mass is 16.5. The van der Waals surface area contributed by atoms with Crippen LogP contribution >= 0.6 is 0 Å². The van der Waals surface area contributed by atoms with Crippen molar-refractivity contribution in [3.05, 3.63) is 12.4 Å².